The monoisotopic (exact) mass is 381 g/mol. The standard InChI is InChI=1S/C20H23N5O3/c1-11-17-13(8-5-9-16(17)26)21-18(11)20(28)25-24-19(27)15-10-14(22-23-15)12-6-3-2-4-7-12/h2-4,6-7,14-15,21-23H,5,8-10H2,1H3,(H,24,27)(H,25,28). The summed E-state index contributed by atoms with van der Waals surface area (Å²) in [5.41, 5.74) is 14.4. The normalized spacial score (nSPS) is 21.2. The molecule has 0 spiro atoms. The highest BCUT2D eigenvalue weighted by atomic mass is 16.2. The van der Waals surface area contributed by atoms with Crippen LogP contribution < -0.4 is 21.7 Å². The Morgan fingerprint density at radius 3 is 2.61 bits per heavy atom. The van der Waals surface area contributed by atoms with E-state index in [1.807, 2.05) is 30.3 Å². The van der Waals surface area contributed by atoms with Gasteiger partial charge in [0.05, 0.1) is 0 Å². The van der Waals surface area contributed by atoms with E-state index >= 15 is 0 Å². The van der Waals surface area contributed by atoms with Crippen LogP contribution in [0.3, 0.4) is 0 Å². The summed E-state index contributed by atoms with van der Waals surface area (Å²) in [6, 6.07) is 9.40. The molecule has 2 aliphatic rings. The summed E-state index contributed by atoms with van der Waals surface area (Å²) in [5, 5.41) is 0. The highest BCUT2D eigenvalue weighted by molar-refractivity contribution is 6.04. The van der Waals surface area contributed by atoms with Crippen molar-refractivity contribution in [2.75, 3.05) is 0 Å². The number of benzene rings is 1. The van der Waals surface area contributed by atoms with Gasteiger partial charge in [-0.15, -0.1) is 0 Å². The number of ketones is 1. The van der Waals surface area contributed by atoms with Crippen molar-refractivity contribution in [3.05, 3.63) is 58.4 Å². The lowest BCUT2D eigenvalue weighted by Gasteiger charge is -2.11. The molecule has 1 fully saturated rings. The number of aryl methyl sites for hydroxylation is 1. The molecule has 146 valence electrons. The summed E-state index contributed by atoms with van der Waals surface area (Å²) in [4.78, 5) is 40.0. The van der Waals surface area contributed by atoms with Gasteiger partial charge in [-0.1, -0.05) is 30.3 Å². The molecule has 2 atom stereocenters. The van der Waals surface area contributed by atoms with E-state index in [-0.39, 0.29) is 17.7 Å². The maximum Gasteiger partial charge on any atom is 0.286 e. The number of nitrogens with one attached hydrogen (secondary N) is 5. The average Bonchev–Trinajstić information content (AvgIpc) is 3.33. The van der Waals surface area contributed by atoms with E-state index in [9.17, 15) is 14.4 Å². The van der Waals surface area contributed by atoms with Gasteiger partial charge in [-0.05, 0) is 37.3 Å². The molecule has 2 unspecified atom stereocenters. The highest BCUT2D eigenvalue weighted by Gasteiger charge is 2.31. The third-order valence-electron chi connectivity index (χ3n) is 5.39. The molecule has 1 aliphatic carbocycles. The van der Waals surface area contributed by atoms with Crippen molar-refractivity contribution in [1.29, 1.82) is 0 Å². The van der Waals surface area contributed by atoms with Crippen molar-refractivity contribution in [3.8, 4) is 0 Å². The molecule has 1 aromatic heterocycles. The molecular weight excluding hydrogens is 358 g/mol. The predicted molar refractivity (Wildman–Crippen MR) is 102 cm³/mol. The number of aromatic amines is 1. The van der Waals surface area contributed by atoms with Crippen LogP contribution >= 0.6 is 0 Å². The Labute approximate surface area is 162 Å². The zero-order valence-electron chi connectivity index (χ0n) is 15.6. The molecule has 0 radical (unpaired) electrons. The first kappa shape index (κ1) is 18.4. The van der Waals surface area contributed by atoms with Crippen LogP contribution in [0.4, 0.5) is 0 Å². The number of carbonyl (C=O) groups excluding carboxylic acids is 3. The van der Waals surface area contributed by atoms with Gasteiger partial charge in [-0.2, -0.15) is 0 Å². The lowest BCUT2D eigenvalue weighted by molar-refractivity contribution is -0.123. The zero-order valence-corrected chi connectivity index (χ0v) is 15.6. The summed E-state index contributed by atoms with van der Waals surface area (Å²) in [6.07, 6.45) is 2.61. The number of hydrogen-bond acceptors (Lipinski definition) is 5. The van der Waals surface area contributed by atoms with Gasteiger partial charge >= 0.3 is 0 Å². The quantitative estimate of drug-likeness (QED) is 0.513. The van der Waals surface area contributed by atoms with Crippen molar-refractivity contribution in [2.24, 2.45) is 0 Å². The van der Waals surface area contributed by atoms with Crippen LogP contribution in [0.2, 0.25) is 0 Å². The second-order valence-corrected chi connectivity index (χ2v) is 7.24. The van der Waals surface area contributed by atoms with E-state index in [0.29, 0.717) is 29.7 Å². The number of aromatic nitrogens is 1. The Hall–Kier alpha value is -2.97. The second kappa shape index (κ2) is 7.57. The van der Waals surface area contributed by atoms with Crippen molar-refractivity contribution in [2.45, 2.75) is 44.7 Å². The molecule has 4 rings (SSSR count). The third kappa shape index (κ3) is 3.44. The van der Waals surface area contributed by atoms with Crippen LogP contribution in [0.5, 0.6) is 0 Å². The van der Waals surface area contributed by atoms with E-state index in [1.165, 1.54) is 0 Å². The summed E-state index contributed by atoms with van der Waals surface area (Å²) in [6.45, 7) is 1.75. The molecular formula is C20H23N5O3. The van der Waals surface area contributed by atoms with Gasteiger partial charge in [0.25, 0.3) is 11.8 Å². The molecule has 8 heteroatoms. The van der Waals surface area contributed by atoms with E-state index < -0.39 is 11.9 Å². The highest BCUT2D eigenvalue weighted by Crippen LogP contribution is 2.26. The fraction of sp³-hybridized carbons (Fsp3) is 0.350. The minimum Gasteiger partial charge on any atom is -0.354 e. The van der Waals surface area contributed by atoms with Gasteiger partial charge in [-0.3, -0.25) is 25.2 Å². The molecule has 1 saturated heterocycles. The van der Waals surface area contributed by atoms with Crippen LogP contribution in [0.15, 0.2) is 30.3 Å². The molecule has 8 nitrogen and oxygen atoms in total. The molecule has 5 N–H and O–H groups in total. The van der Waals surface area contributed by atoms with Crippen molar-refractivity contribution in [1.82, 2.24) is 26.7 Å². The topological polar surface area (TPSA) is 115 Å². The predicted octanol–water partition coefficient (Wildman–Crippen LogP) is 1.21. The fourth-order valence-corrected chi connectivity index (χ4v) is 3.90. The Kier molecular flexibility index (Phi) is 4.97. The first-order valence-electron chi connectivity index (χ1n) is 9.45. The molecule has 0 bridgehead atoms. The van der Waals surface area contributed by atoms with E-state index in [2.05, 4.69) is 26.7 Å². The molecule has 0 saturated carbocycles. The van der Waals surface area contributed by atoms with Crippen molar-refractivity contribution in [3.63, 3.8) is 0 Å². The molecule has 2 aromatic rings. The fourth-order valence-electron chi connectivity index (χ4n) is 3.90. The van der Waals surface area contributed by atoms with Crippen LogP contribution in [0, 0.1) is 6.92 Å². The third-order valence-corrected chi connectivity index (χ3v) is 5.39. The van der Waals surface area contributed by atoms with E-state index in [1.54, 1.807) is 6.92 Å². The van der Waals surface area contributed by atoms with Gasteiger partial charge in [-0.25, -0.2) is 10.9 Å². The van der Waals surface area contributed by atoms with Gasteiger partial charge in [0.15, 0.2) is 5.78 Å². The zero-order chi connectivity index (χ0) is 19.7. The minimum absolute atomic E-state index is 0.0241. The van der Waals surface area contributed by atoms with E-state index in [4.69, 9.17) is 0 Å². The number of Topliss-reactive ketones (excluding diaryl/α,β-unsaturated/α-hetero) is 1. The average molecular weight is 381 g/mol. The maximum atomic E-state index is 12.5. The van der Waals surface area contributed by atoms with E-state index in [0.717, 1.165) is 24.1 Å². The summed E-state index contributed by atoms with van der Waals surface area (Å²) < 4.78 is 0. The SMILES string of the molecule is Cc1c(C(=O)NNC(=O)C2CC(c3ccccc3)NN2)[nH]c2c1C(=O)CCC2. The number of carbonyl (C=O) groups is 3. The Morgan fingerprint density at radius 1 is 1.07 bits per heavy atom. The Morgan fingerprint density at radius 2 is 1.86 bits per heavy atom. The van der Waals surface area contributed by atoms with Gasteiger partial charge < -0.3 is 4.98 Å². The number of rotatable bonds is 3. The van der Waals surface area contributed by atoms with Crippen molar-refractivity contribution < 1.29 is 14.4 Å². The first-order valence-corrected chi connectivity index (χ1v) is 9.45. The second-order valence-electron chi connectivity index (χ2n) is 7.24. The maximum absolute atomic E-state index is 12.5. The molecule has 28 heavy (non-hydrogen) atoms. The number of hydrazine groups is 2. The number of hydrogen-bond donors (Lipinski definition) is 5. The number of fused-ring (bicyclic) bond motifs is 1. The lowest BCUT2D eigenvalue weighted by Crippen LogP contribution is -2.50. The molecule has 1 aliphatic heterocycles. The minimum atomic E-state index is -0.468. The largest absolute Gasteiger partial charge is 0.354 e. The van der Waals surface area contributed by atoms with Gasteiger partial charge in [0.1, 0.15) is 11.7 Å². The summed E-state index contributed by atoms with van der Waals surface area (Å²) in [7, 11) is 0. The van der Waals surface area contributed by atoms with Gasteiger partial charge in [0, 0.05) is 23.7 Å². The number of amides is 2. The molecule has 2 heterocycles. The lowest BCUT2D eigenvalue weighted by atomic mass is 9.94. The smallest absolute Gasteiger partial charge is 0.286 e. The van der Waals surface area contributed by atoms with Crippen LogP contribution in [-0.2, 0) is 11.2 Å². The Balaban J connectivity index is 1.35. The number of H-pyrrole nitrogens is 1. The van der Waals surface area contributed by atoms with Gasteiger partial charge in [0.2, 0.25) is 0 Å². The van der Waals surface area contributed by atoms with Crippen LogP contribution in [0.25, 0.3) is 0 Å². The molecule has 1 aromatic carbocycles. The summed E-state index contributed by atoms with van der Waals surface area (Å²) in [5.74, 6) is -0.728. The van der Waals surface area contributed by atoms with Crippen LogP contribution in [0.1, 0.15) is 63.0 Å². The summed E-state index contributed by atoms with van der Waals surface area (Å²) >= 11 is 0. The van der Waals surface area contributed by atoms with Crippen LogP contribution in [-0.4, -0.2) is 28.6 Å². The molecule has 2 amide bonds. The Bertz CT molecular complexity index is 921. The first-order chi connectivity index (χ1) is 13.5. The van der Waals surface area contributed by atoms with Crippen molar-refractivity contribution >= 4 is 17.6 Å².